The van der Waals surface area contributed by atoms with Crippen LogP contribution in [0.2, 0.25) is 0 Å². The number of hydrogen-bond acceptors (Lipinski definition) is 4. The van der Waals surface area contributed by atoms with E-state index in [4.69, 9.17) is 0 Å². The highest BCUT2D eigenvalue weighted by molar-refractivity contribution is 5.76. The van der Waals surface area contributed by atoms with Gasteiger partial charge in [-0.2, -0.15) is 13.2 Å². The van der Waals surface area contributed by atoms with Crippen LogP contribution in [0.5, 0.6) is 0 Å². The zero-order chi connectivity index (χ0) is 18.9. The zero-order valence-electron chi connectivity index (χ0n) is 14.7. The molecule has 1 amide bonds. The van der Waals surface area contributed by atoms with Crippen LogP contribution >= 0.6 is 0 Å². The highest BCUT2D eigenvalue weighted by atomic mass is 19.4. The lowest BCUT2D eigenvalue weighted by molar-refractivity contribution is -0.162. The van der Waals surface area contributed by atoms with Gasteiger partial charge in [0.1, 0.15) is 18.1 Å². The summed E-state index contributed by atoms with van der Waals surface area (Å²) >= 11 is 0. The Hall–Kier alpha value is -2.39. The SMILES string of the molecule is Cc1nccn1Cc1nnc(C2CCN(C(=O)CC(F)(F)F)CC2)n1C. The van der Waals surface area contributed by atoms with Crippen LogP contribution in [0.3, 0.4) is 0 Å². The Morgan fingerprint density at radius 2 is 1.96 bits per heavy atom. The number of rotatable bonds is 4. The van der Waals surface area contributed by atoms with E-state index < -0.39 is 18.5 Å². The predicted molar refractivity (Wildman–Crippen MR) is 86.3 cm³/mol. The molecule has 26 heavy (non-hydrogen) atoms. The summed E-state index contributed by atoms with van der Waals surface area (Å²) in [5, 5.41) is 8.52. The molecule has 0 saturated carbocycles. The van der Waals surface area contributed by atoms with Gasteiger partial charge >= 0.3 is 6.18 Å². The maximum Gasteiger partial charge on any atom is 0.397 e. The summed E-state index contributed by atoms with van der Waals surface area (Å²) in [6.07, 6.45) is -1.10. The van der Waals surface area contributed by atoms with Gasteiger partial charge in [-0.25, -0.2) is 4.98 Å². The molecule has 2 aromatic heterocycles. The van der Waals surface area contributed by atoms with Crippen molar-refractivity contribution in [3.8, 4) is 0 Å². The van der Waals surface area contributed by atoms with Crippen LogP contribution in [-0.4, -0.2) is 54.4 Å². The molecule has 2 aromatic rings. The van der Waals surface area contributed by atoms with E-state index in [1.807, 2.05) is 29.3 Å². The molecule has 7 nitrogen and oxygen atoms in total. The van der Waals surface area contributed by atoms with E-state index in [-0.39, 0.29) is 5.92 Å². The number of halogens is 3. The molecule has 1 aliphatic heterocycles. The number of alkyl halides is 3. The molecule has 142 valence electrons. The Kier molecular flexibility index (Phi) is 5.01. The largest absolute Gasteiger partial charge is 0.397 e. The Balaban J connectivity index is 1.62. The number of amides is 1. The van der Waals surface area contributed by atoms with E-state index in [1.54, 1.807) is 6.20 Å². The fourth-order valence-electron chi connectivity index (χ4n) is 3.26. The second-order valence-electron chi connectivity index (χ2n) is 6.58. The third kappa shape index (κ3) is 4.05. The predicted octanol–water partition coefficient (Wildman–Crippen LogP) is 2.03. The first-order valence-electron chi connectivity index (χ1n) is 8.45. The molecule has 0 aromatic carbocycles. The Labute approximate surface area is 148 Å². The number of imidazole rings is 1. The monoisotopic (exact) mass is 370 g/mol. The minimum atomic E-state index is -4.46. The molecule has 3 heterocycles. The molecular formula is C16H21F3N6O. The number of carbonyl (C=O) groups is 1. The average Bonchev–Trinajstić information content (AvgIpc) is 3.13. The second kappa shape index (κ2) is 7.08. The molecule has 0 bridgehead atoms. The first-order valence-corrected chi connectivity index (χ1v) is 8.45. The smallest absolute Gasteiger partial charge is 0.342 e. The molecule has 0 aliphatic carbocycles. The normalized spacial score (nSPS) is 16.3. The number of aromatic nitrogens is 5. The van der Waals surface area contributed by atoms with Crippen LogP contribution in [0.25, 0.3) is 0 Å². The van der Waals surface area contributed by atoms with Crippen molar-refractivity contribution in [2.75, 3.05) is 13.1 Å². The van der Waals surface area contributed by atoms with Crippen LogP contribution in [0.4, 0.5) is 13.2 Å². The molecule has 0 atom stereocenters. The molecule has 0 N–H and O–H groups in total. The lowest BCUT2D eigenvalue weighted by Crippen LogP contribution is -2.40. The summed E-state index contributed by atoms with van der Waals surface area (Å²) in [5.41, 5.74) is 0. The first-order chi connectivity index (χ1) is 12.2. The number of nitrogens with zero attached hydrogens (tertiary/aromatic N) is 6. The second-order valence-corrected chi connectivity index (χ2v) is 6.58. The standard InChI is InChI=1S/C16H21F3N6O/c1-11-20-5-8-25(11)10-13-21-22-15(23(13)2)12-3-6-24(7-4-12)14(26)9-16(17,18)19/h5,8,12H,3-4,6-7,9-10H2,1-2H3. The molecule has 0 unspecified atom stereocenters. The van der Waals surface area contributed by atoms with Gasteiger partial charge in [-0.1, -0.05) is 0 Å². The Bertz CT molecular complexity index is 773. The van der Waals surface area contributed by atoms with E-state index >= 15 is 0 Å². The number of aryl methyl sites for hydroxylation is 1. The van der Waals surface area contributed by atoms with Gasteiger partial charge in [-0.05, 0) is 19.8 Å². The lowest BCUT2D eigenvalue weighted by Gasteiger charge is -2.31. The molecule has 1 aliphatic rings. The average molecular weight is 370 g/mol. The molecular weight excluding hydrogens is 349 g/mol. The molecule has 0 radical (unpaired) electrons. The van der Waals surface area contributed by atoms with Crippen molar-refractivity contribution in [1.82, 2.24) is 29.2 Å². The summed E-state index contributed by atoms with van der Waals surface area (Å²) in [4.78, 5) is 17.2. The zero-order valence-corrected chi connectivity index (χ0v) is 14.7. The topological polar surface area (TPSA) is 68.8 Å². The fraction of sp³-hybridized carbons (Fsp3) is 0.625. The van der Waals surface area contributed by atoms with Crippen LogP contribution in [-0.2, 0) is 18.4 Å². The quantitative estimate of drug-likeness (QED) is 0.826. The van der Waals surface area contributed by atoms with Crippen molar-refractivity contribution in [2.24, 2.45) is 7.05 Å². The maximum absolute atomic E-state index is 12.4. The van der Waals surface area contributed by atoms with E-state index in [9.17, 15) is 18.0 Å². The van der Waals surface area contributed by atoms with Gasteiger partial charge in [0.15, 0.2) is 5.82 Å². The van der Waals surface area contributed by atoms with Crippen LogP contribution in [0.15, 0.2) is 12.4 Å². The summed E-state index contributed by atoms with van der Waals surface area (Å²) < 4.78 is 41.0. The first kappa shape index (κ1) is 18.4. The summed E-state index contributed by atoms with van der Waals surface area (Å²) in [6.45, 7) is 3.08. The van der Waals surface area contributed by atoms with Crippen molar-refractivity contribution < 1.29 is 18.0 Å². The third-order valence-electron chi connectivity index (χ3n) is 4.80. The van der Waals surface area contributed by atoms with Crippen molar-refractivity contribution in [2.45, 2.75) is 44.8 Å². The van der Waals surface area contributed by atoms with Gasteiger partial charge < -0.3 is 14.0 Å². The van der Waals surface area contributed by atoms with Crippen LogP contribution in [0.1, 0.15) is 42.7 Å². The molecule has 10 heteroatoms. The van der Waals surface area contributed by atoms with Crippen molar-refractivity contribution >= 4 is 5.91 Å². The van der Waals surface area contributed by atoms with E-state index in [0.29, 0.717) is 32.5 Å². The third-order valence-corrected chi connectivity index (χ3v) is 4.80. The number of piperidine rings is 1. The van der Waals surface area contributed by atoms with Gasteiger partial charge in [0.05, 0.1) is 6.54 Å². The summed E-state index contributed by atoms with van der Waals surface area (Å²) in [6, 6.07) is 0. The highest BCUT2D eigenvalue weighted by Crippen LogP contribution is 2.29. The molecule has 1 fully saturated rings. The van der Waals surface area contributed by atoms with Crippen molar-refractivity contribution in [1.29, 1.82) is 0 Å². The minimum absolute atomic E-state index is 0.0834. The van der Waals surface area contributed by atoms with Gasteiger partial charge in [-0.15, -0.1) is 10.2 Å². The molecule has 1 saturated heterocycles. The Morgan fingerprint density at radius 1 is 1.27 bits per heavy atom. The van der Waals surface area contributed by atoms with Crippen molar-refractivity contribution in [3.05, 3.63) is 29.9 Å². The summed E-state index contributed by atoms with van der Waals surface area (Å²) in [5.74, 6) is 1.70. The van der Waals surface area contributed by atoms with Crippen molar-refractivity contribution in [3.63, 3.8) is 0 Å². The van der Waals surface area contributed by atoms with E-state index in [2.05, 4.69) is 15.2 Å². The lowest BCUT2D eigenvalue weighted by atomic mass is 9.95. The maximum atomic E-state index is 12.4. The minimum Gasteiger partial charge on any atom is -0.342 e. The number of hydrogen-bond donors (Lipinski definition) is 0. The number of carbonyl (C=O) groups excluding carboxylic acids is 1. The molecule has 3 rings (SSSR count). The summed E-state index contributed by atoms with van der Waals surface area (Å²) in [7, 11) is 1.89. The highest BCUT2D eigenvalue weighted by Gasteiger charge is 2.35. The van der Waals surface area contributed by atoms with E-state index in [0.717, 1.165) is 17.5 Å². The fourth-order valence-corrected chi connectivity index (χ4v) is 3.26. The van der Waals surface area contributed by atoms with Gasteiger partial charge in [-0.3, -0.25) is 4.79 Å². The van der Waals surface area contributed by atoms with Gasteiger partial charge in [0, 0.05) is 38.4 Å². The van der Waals surface area contributed by atoms with Gasteiger partial charge in [0.25, 0.3) is 0 Å². The van der Waals surface area contributed by atoms with E-state index in [1.165, 1.54) is 4.90 Å². The molecule has 0 spiro atoms. The van der Waals surface area contributed by atoms with Crippen LogP contribution < -0.4 is 0 Å². The number of likely N-dealkylation sites (tertiary alicyclic amines) is 1. The van der Waals surface area contributed by atoms with Gasteiger partial charge in [0.2, 0.25) is 5.91 Å². The van der Waals surface area contributed by atoms with Crippen LogP contribution in [0, 0.1) is 6.92 Å². The Morgan fingerprint density at radius 3 is 2.54 bits per heavy atom.